The van der Waals surface area contributed by atoms with E-state index in [2.05, 4.69) is 24.3 Å². The highest BCUT2D eigenvalue weighted by molar-refractivity contribution is 5.96. The number of nitrogens with zero attached hydrogens (tertiary/aromatic N) is 1. The Balaban J connectivity index is 1.40. The maximum absolute atomic E-state index is 13.1. The van der Waals surface area contributed by atoms with Crippen LogP contribution in [0.3, 0.4) is 0 Å². The van der Waals surface area contributed by atoms with Crippen LogP contribution < -0.4 is 4.90 Å². The molecule has 5 rings (SSSR count). The molecule has 1 aliphatic carbocycles. The zero-order valence-electron chi connectivity index (χ0n) is 17.7. The molecule has 0 aromatic heterocycles. The summed E-state index contributed by atoms with van der Waals surface area (Å²) in [6.07, 6.45) is 0.133. The lowest BCUT2D eigenvalue weighted by atomic mass is 9.98. The molecular weight excluding hydrogens is 406 g/mol. The first-order chi connectivity index (χ1) is 15.6. The zero-order chi connectivity index (χ0) is 22.2. The number of hydrogen-bond donors (Lipinski definition) is 1. The fraction of sp³-hybridized carbons (Fsp3) is 0.231. The van der Waals surface area contributed by atoms with Crippen molar-refractivity contribution in [1.82, 2.24) is 0 Å². The van der Waals surface area contributed by atoms with E-state index < -0.39 is 12.1 Å². The summed E-state index contributed by atoms with van der Waals surface area (Å²) >= 11 is 0. The van der Waals surface area contributed by atoms with Gasteiger partial charge in [0.05, 0.1) is 25.0 Å². The monoisotopic (exact) mass is 429 g/mol. The summed E-state index contributed by atoms with van der Waals surface area (Å²) in [7, 11) is 1.30. The highest BCUT2D eigenvalue weighted by Crippen LogP contribution is 2.44. The standard InChI is InChI=1S/C26H23NO5/c1-31-25(29)16-12-17(14-28)18-10-11-27(24(18)13-16)26(30)32-15-23-21-8-4-2-6-19(21)20-7-3-5-9-22(20)23/h2-9,12-13,23,28H,10-11,14-15H2,1H3. The number of esters is 1. The van der Waals surface area contributed by atoms with E-state index in [9.17, 15) is 14.7 Å². The normalized spacial score (nSPS) is 14.0. The molecular formula is C26H23NO5. The number of amides is 1. The molecule has 1 heterocycles. The maximum Gasteiger partial charge on any atom is 0.414 e. The number of methoxy groups -OCH3 is 1. The second-order valence-electron chi connectivity index (χ2n) is 7.99. The summed E-state index contributed by atoms with van der Waals surface area (Å²) in [6.45, 7) is 0.442. The molecule has 2 aliphatic rings. The summed E-state index contributed by atoms with van der Waals surface area (Å²) in [5.41, 5.74) is 7.02. The molecule has 3 aromatic carbocycles. The number of rotatable bonds is 4. The Kier molecular flexibility index (Phi) is 5.15. The number of benzene rings is 3. The SMILES string of the molecule is COC(=O)c1cc(CO)c2c(c1)N(C(=O)OCC1c3ccccc3-c3ccccc31)CC2. The molecule has 1 N–H and O–H groups in total. The highest BCUT2D eigenvalue weighted by Gasteiger charge is 2.32. The lowest BCUT2D eigenvalue weighted by Gasteiger charge is -2.20. The van der Waals surface area contributed by atoms with Gasteiger partial charge in [0.1, 0.15) is 6.61 Å². The van der Waals surface area contributed by atoms with Gasteiger partial charge in [-0.15, -0.1) is 0 Å². The Labute approximate surface area is 186 Å². The number of anilines is 1. The van der Waals surface area contributed by atoms with Gasteiger partial charge in [-0.3, -0.25) is 4.90 Å². The smallest absolute Gasteiger partial charge is 0.414 e. The van der Waals surface area contributed by atoms with Crippen molar-refractivity contribution in [2.45, 2.75) is 18.9 Å². The van der Waals surface area contributed by atoms with Gasteiger partial charge in [-0.05, 0) is 51.9 Å². The van der Waals surface area contributed by atoms with Gasteiger partial charge in [0.25, 0.3) is 0 Å². The van der Waals surface area contributed by atoms with Crippen molar-refractivity contribution in [3.05, 3.63) is 88.5 Å². The molecule has 0 unspecified atom stereocenters. The van der Waals surface area contributed by atoms with Crippen LogP contribution in [0.1, 0.15) is 38.5 Å². The van der Waals surface area contributed by atoms with Crippen LogP contribution in [-0.4, -0.2) is 37.4 Å². The summed E-state index contributed by atoms with van der Waals surface area (Å²) in [6, 6.07) is 19.6. The number of carbonyl (C=O) groups is 2. The average molecular weight is 429 g/mol. The van der Waals surface area contributed by atoms with E-state index in [-0.39, 0.29) is 19.1 Å². The van der Waals surface area contributed by atoms with Gasteiger partial charge in [0.15, 0.2) is 0 Å². The van der Waals surface area contributed by atoms with Gasteiger partial charge >= 0.3 is 12.1 Å². The molecule has 0 saturated carbocycles. The third kappa shape index (κ3) is 3.24. The van der Waals surface area contributed by atoms with E-state index >= 15 is 0 Å². The summed E-state index contributed by atoms with van der Waals surface area (Å²) < 4.78 is 10.6. The lowest BCUT2D eigenvalue weighted by Crippen LogP contribution is -2.31. The van der Waals surface area contributed by atoms with Crippen LogP contribution in [-0.2, 0) is 22.5 Å². The minimum absolute atomic E-state index is 0.0252. The second kappa shape index (κ2) is 8.13. The van der Waals surface area contributed by atoms with E-state index in [0.717, 1.165) is 16.7 Å². The molecule has 32 heavy (non-hydrogen) atoms. The first kappa shape index (κ1) is 20.3. The highest BCUT2D eigenvalue weighted by atomic mass is 16.6. The van der Waals surface area contributed by atoms with E-state index in [4.69, 9.17) is 9.47 Å². The largest absolute Gasteiger partial charge is 0.465 e. The molecule has 0 atom stereocenters. The minimum Gasteiger partial charge on any atom is -0.465 e. The zero-order valence-corrected chi connectivity index (χ0v) is 17.7. The van der Waals surface area contributed by atoms with Crippen molar-refractivity contribution in [2.24, 2.45) is 0 Å². The van der Waals surface area contributed by atoms with Crippen LogP contribution in [0.25, 0.3) is 11.1 Å². The van der Waals surface area contributed by atoms with Gasteiger partial charge < -0.3 is 14.6 Å². The van der Waals surface area contributed by atoms with E-state index in [0.29, 0.717) is 29.8 Å². The fourth-order valence-corrected chi connectivity index (χ4v) is 4.83. The number of fused-ring (bicyclic) bond motifs is 4. The maximum atomic E-state index is 13.1. The lowest BCUT2D eigenvalue weighted by molar-refractivity contribution is 0.0600. The molecule has 0 radical (unpaired) electrons. The van der Waals surface area contributed by atoms with Crippen molar-refractivity contribution < 1.29 is 24.2 Å². The van der Waals surface area contributed by atoms with Gasteiger partial charge in [0.2, 0.25) is 0 Å². The Hall–Kier alpha value is -3.64. The van der Waals surface area contributed by atoms with Gasteiger partial charge in [-0.2, -0.15) is 0 Å². The second-order valence-corrected chi connectivity index (χ2v) is 7.99. The first-order valence-electron chi connectivity index (χ1n) is 10.6. The van der Waals surface area contributed by atoms with E-state index in [1.54, 1.807) is 12.1 Å². The predicted molar refractivity (Wildman–Crippen MR) is 120 cm³/mol. The first-order valence-corrected chi connectivity index (χ1v) is 10.6. The van der Waals surface area contributed by atoms with Crippen molar-refractivity contribution in [1.29, 1.82) is 0 Å². The van der Waals surface area contributed by atoms with Crippen molar-refractivity contribution in [3.63, 3.8) is 0 Å². The quantitative estimate of drug-likeness (QED) is 0.627. The predicted octanol–water partition coefficient (Wildman–Crippen LogP) is 4.28. The Morgan fingerprint density at radius 1 is 1.03 bits per heavy atom. The van der Waals surface area contributed by atoms with E-state index in [1.807, 2.05) is 24.3 Å². The van der Waals surface area contributed by atoms with E-state index in [1.165, 1.54) is 23.1 Å². The van der Waals surface area contributed by atoms with Crippen LogP contribution in [0, 0.1) is 0 Å². The van der Waals surface area contributed by atoms with Gasteiger partial charge in [0, 0.05) is 12.5 Å². The number of aliphatic hydroxyl groups excluding tert-OH is 1. The minimum atomic E-state index is -0.512. The molecule has 162 valence electrons. The van der Waals surface area contributed by atoms with Crippen molar-refractivity contribution >= 4 is 17.7 Å². The Morgan fingerprint density at radius 2 is 1.69 bits per heavy atom. The summed E-state index contributed by atoms with van der Waals surface area (Å²) in [5.74, 6) is -0.537. The van der Waals surface area contributed by atoms with Crippen LogP contribution in [0.4, 0.5) is 10.5 Å². The van der Waals surface area contributed by atoms with Crippen LogP contribution in [0.2, 0.25) is 0 Å². The molecule has 0 saturated heterocycles. The fourth-order valence-electron chi connectivity index (χ4n) is 4.83. The molecule has 3 aromatic rings. The molecule has 0 fully saturated rings. The van der Waals surface area contributed by atoms with Gasteiger partial charge in [-0.1, -0.05) is 48.5 Å². The van der Waals surface area contributed by atoms with Crippen LogP contribution in [0.15, 0.2) is 60.7 Å². The summed E-state index contributed by atoms with van der Waals surface area (Å²) in [4.78, 5) is 26.7. The number of carbonyl (C=O) groups excluding carboxylic acids is 2. The third-order valence-electron chi connectivity index (χ3n) is 6.34. The topological polar surface area (TPSA) is 76.1 Å². The van der Waals surface area contributed by atoms with Gasteiger partial charge in [-0.25, -0.2) is 9.59 Å². The van der Waals surface area contributed by atoms with Crippen LogP contribution >= 0.6 is 0 Å². The molecule has 1 aliphatic heterocycles. The molecule has 1 amide bonds. The van der Waals surface area contributed by atoms with Crippen LogP contribution in [0.5, 0.6) is 0 Å². The Bertz CT molecular complexity index is 1170. The molecule has 0 spiro atoms. The van der Waals surface area contributed by atoms with Crippen molar-refractivity contribution in [3.8, 4) is 11.1 Å². The average Bonchev–Trinajstić information content (AvgIpc) is 3.41. The number of hydrogen-bond acceptors (Lipinski definition) is 5. The number of ether oxygens (including phenoxy) is 2. The molecule has 0 bridgehead atoms. The molecule has 6 nitrogen and oxygen atoms in total. The summed E-state index contributed by atoms with van der Waals surface area (Å²) in [5, 5.41) is 9.75. The van der Waals surface area contributed by atoms with Crippen molar-refractivity contribution in [2.75, 3.05) is 25.2 Å². The number of aliphatic hydroxyl groups is 1. The third-order valence-corrected chi connectivity index (χ3v) is 6.34. The Morgan fingerprint density at radius 3 is 2.31 bits per heavy atom. The molecule has 6 heteroatoms.